The van der Waals surface area contributed by atoms with Gasteiger partial charge in [0.25, 0.3) is 11.4 Å². The van der Waals surface area contributed by atoms with Crippen LogP contribution in [0.1, 0.15) is 20.1 Å². The molecular weight excluding hydrogens is 531 g/mol. The number of hydrogen-bond donors (Lipinski definition) is 3. The van der Waals surface area contributed by atoms with E-state index in [0.29, 0.717) is 15.3 Å². The van der Waals surface area contributed by atoms with E-state index in [1.54, 1.807) is 30.3 Å². The third-order valence-electron chi connectivity index (χ3n) is 5.90. The van der Waals surface area contributed by atoms with Gasteiger partial charge in [0.1, 0.15) is 0 Å². The number of aromatic nitrogens is 2. The van der Waals surface area contributed by atoms with Crippen molar-refractivity contribution in [1.29, 1.82) is 0 Å². The predicted molar refractivity (Wildman–Crippen MR) is 127 cm³/mol. The highest BCUT2D eigenvalue weighted by atomic mass is 31.1. The summed E-state index contributed by atoms with van der Waals surface area (Å²) in [5.74, 6) is -4.87. The zero-order valence-electron chi connectivity index (χ0n) is 19.9. The summed E-state index contributed by atoms with van der Waals surface area (Å²) in [6.45, 7) is 0.918. The van der Waals surface area contributed by atoms with Gasteiger partial charge in [-0.2, -0.15) is 0 Å². The van der Waals surface area contributed by atoms with Gasteiger partial charge in [0.05, 0.1) is 0 Å². The maximum absolute atomic E-state index is 15.8. The average molecular weight is 553 g/mol. The number of nitrogens with one attached hydrogen (secondary N) is 1. The number of carbonyl (C=O) groups is 1. The van der Waals surface area contributed by atoms with Gasteiger partial charge in [0.15, 0.2) is 36.4 Å². The standard InChI is InChI=1S/C23H22F2N3O9P/c1-12(18(30)31)27-38(34)37-17-14-6-4-3-5-13(14)7-8-15(17)35-11-23(25)19(32)22(2,24)20(36-23)28-10-9-16(29)26-21(28)33/h3-10,12,19-20,32H,11H2,1-2H3,(H,30,31)(H,26,29,33)/t12-,19-,20+,22+,23+/m0/s1. The van der Waals surface area contributed by atoms with E-state index in [1.807, 2.05) is 4.98 Å². The Bertz CT molecular complexity index is 1530. The van der Waals surface area contributed by atoms with Crippen molar-refractivity contribution in [2.75, 3.05) is 6.61 Å². The minimum Gasteiger partial charge on any atom is -0.575 e. The number of hydrogen-bond acceptors (Lipinski definition) is 9. The highest BCUT2D eigenvalue weighted by Gasteiger charge is 2.65. The second-order valence-corrected chi connectivity index (χ2v) is 9.58. The van der Waals surface area contributed by atoms with E-state index in [1.165, 1.54) is 13.0 Å². The van der Waals surface area contributed by atoms with E-state index in [2.05, 4.69) is 4.74 Å². The summed E-state index contributed by atoms with van der Waals surface area (Å²) in [7, 11) is -2.91. The van der Waals surface area contributed by atoms with Crippen molar-refractivity contribution in [2.45, 2.75) is 43.7 Å². The molecule has 1 aliphatic rings. The molecule has 3 aromatic rings. The molecule has 4 rings (SSSR count). The Morgan fingerprint density at radius 3 is 2.68 bits per heavy atom. The lowest BCUT2D eigenvalue weighted by atomic mass is 9.97. The van der Waals surface area contributed by atoms with Crippen LogP contribution in [0.4, 0.5) is 8.78 Å². The molecule has 1 fully saturated rings. The fourth-order valence-corrected chi connectivity index (χ4v) is 4.65. The summed E-state index contributed by atoms with van der Waals surface area (Å²) in [5.41, 5.74) is -4.69. The number of fused-ring (bicyclic) bond motifs is 1. The smallest absolute Gasteiger partial charge is 0.395 e. The number of carboxylic acids is 1. The Labute approximate surface area is 213 Å². The number of nitrogens with zero attached hydrogens (tertiary/aromatic N) is 2. The molecule has 0 bridgehead atoms. The van der Waals surface area contributed by atoms with Gasteiger partial charge in [-0.25, -0.2) is 18.4 Å². The van der Waals surface area contributed by atoms with Crippen molar-refractivity contribution in [3.8, 4) is 11.5 Å². The zero-order valence-corrected chi connectivity index (χ0v) is 20.8. The summed E-state index contributed by atoms with van der Waals surface area (Å²) >= 11 is 0. The SMILES string of the molecule is C[C@H](N=[P+]([O-])Oc1c(OC[C@@]2(F)O[C@@H](n3ccc(=O)[nH]c3=O)[C@](C)(F)[C@@H]2O)ccc2ccccc12)C(=O)O. The van der Waals surface area contributed by atoms with Crippen LogP contribution in [0.3, 0.4) is 0 Å². The van der Waals surface area contributed by atoms with E-state index < -0.39 is 61.9 Å². The molecular formula is C23H22F2N3O9P. The van der Waals surface area contributed by atoms with E-state index in [9.17, 15) is 24.4 Å². The van der Waals surface area contributed by atoms with Gasteiger partial charge in [0.2, 0.25) is 5.75 Å². The summed E-state index contributed by atoms with van der Waals surface area (Å²) in [5, 5.41) is 20.4. The Hall–Kier alpha value is -3.71. The summed E-state index contributed by atoms with van der Waals surface area (Å²) in [6.07, 6.45) is -3.50. The van der Waals surface area contributed by atoms with Gasteiger partial charge in [-0.15, -0.1) is 0 Å². The number of aliphatic hydroxyl groups is 1. The normalized spacial score (nSPS) is 26.3. The molecule has 38 heavy (non-hydrogen) atoms. The molecule has 12 nitrogen and oxygen atoms in total. The quantitative estimate of drug-likeness (QED) is 0.351. The van der Waals surface area contributed by atoms with Gasteiger partial charge >= 0.3 is 19.8 Å². The molecule has 3 N–H and O–H groups in total. The molecule has 1 aromatic heterocycles. The van der Waals surface area contributed by atoms with Gasteiger partial charge in [0, 0.05) is 17.6 Å². The van der Waals surface area contributed by atoms with Gasteiger partial charge in [-0.3, -0.25) is 18.9 Å². The number of halogens is 2. The Morgan fingerprint density at radius 1 is 1.29 bits per heavy atom. The Balaban J connectivity index is 1.65. The monoisotopic (exact) mass is 553 g/mol. The Morgan fingerprint density at radius 2 is 2.00 bits per heavy atom. The van der Waals surface area contributed by atoms with Crippen LogP contribution in [-0.2, 0) is 9.53 Å². The van der Waals surface area contributed by atoms with Crippen LogP contribution in [0, 0.1) is 0 Å². The molecule has 1 saturated heterocycles. The predicted octanol–water partition coefficient (Wildman–Crippen LogP) is 1.76. The van der Waals surface area contributed by atoms with Crippen molar-refractivity contribution in [3.05, 3.63) is 69.5 Å². The molecule has 15 heteroatoms. The largest absolute Gasteiger partial charge is 0.575 e. The first kappa shape index (κ1) is 27.3. The van der Waals surface area contributed by atoms with E-state index in [-0.39, 0.29) is 11.5 Å². The molecule has 0 saturated carbocycles. The third-order valence-corrected chi connectivity index (χ3v) is 6.77. The van der Waals surface area contributed by atoms with Crippen molar-refractivity contribution >= 4 is 24.9 Å². The highest BCUT2D eigenvalue weighted by molar-refractivity contribution is 7.34. The average Bonchev–Trinajstić information content (AvgIpc) is 3.03. The number of rotatable bonds is 8. The van der Waals surface area contributed by atoms with Crippen molar-refractivity contribution in [3.63, 3.8) is 0 Å². The molecule has 0 radical (unpaired) electrons. The molecule has 1 unspecified atom stereocenters. The molecule has 2 heterocycles. The summed E-state index contributed by atoms with van der Waals surface area (Å²) < 4.78 is 51.4. The number of benzene rings is 2. The minimum absolute atomic E-state index is 0.168. The molecule has 0 aliphatic carbocycles. The van der Waals surface area contributed by atoms with E-state index >= 15 is 8.78 Å². The second kappa shape index (κ2) is 10.2. The van der Waals surface area contributed by atoms with Crippen LogP contribution in [0.5, 0.6) is 11.5 Å². The molecule has 1 aliphatic heterocycles. The first-order valence-corrected chi connectivity index (χ1v) is 12.2. The lowest BCUT2D eigenvalue weighted by Crippen LogP contribution is -2.48. The number of aliphatic hydroxyl groups excluding tert-OH is 1. The number of H-pyrrole nitrogens is 1. The maximum atomic E-state index is 15.8. The first-order valence-electron chi connectivity index (χ1n) is 11.1. The number of carboxylic acid groups (broad SMARTS) is 1. The second-order valence-electron chi connectivity index (χ2n) is 8.69. The number of aliphatic carboxylic acids is 1. The van der Waals surface area contributed by atoms with Gasteiger partial charge < -0.3 is 24.6 Å². The van der Waals surface area contributed by atoms with E-state index in [0.717, 1.165) is 19.2 Å². The summed E-state index contributed by atoms with van der Waals surface area (Å²) in [6, 6.07) is 9.07. The van der Waals surface area contributed by atoms with Crippen LogP contribution >= 0.6 is 8.17 Å². The number of ether oxygens (including phenoxy) is 2. The van der Waals surface area contributed by atoms with Crippen molar-refractivity contribution in [1.82, 2.24) is 9.55 Å². The molecule has 6 atom stereocenters. The van der Waals surface area contributed by atoms with Crippen LogP contribution < -0.4 is 25.4 Å². The third kappa shape index (κ3) is 5.16. The zero-order chi connectivity index (χ0) is 27.8. The van der Waals surface area contributed by atoms with Crippen LogP contribution in [-0.4, -0.2) is 56.0 Å². The molecule has 0 amide bonds. The lowest BCUT2D eigenvalue weighted by molar-refractivity contribution is -0.203. The topological polar surface area (TPSA) is 175 Å². The fraction of sp³-hybridized carbons (Fsp3) is 0.348. The van der Waals surface area contributed by atoms with Crippen LogP contribution in [0.25, 0.3) is 10.8 Å². The van der Waals surface area contributed by atoms with Crippen molar-refractivity contribution < 1.29 is 42.7 Å². The van der Waals surface area contributed by atoms with Crippen LogP contribution in [0.2, 0.25) is 0 Å². The highest BCUT2D eigenvalue weighted by Crippen LogP contribution is 2.48. The minimum atomic E-state index is -3.18. The fourth-order valence-electron chi connectivity index (χ4n) is 3.87. The van der Waals surface area contributed by atoms with Gasteiger partial charge in [-0.05, 0) is 25.3 Å². The number of alkyl halides is 2. The molecule has 2 aromatic carbocycles. The van der Waals surface area contributed by atoms with Crippen LogP contribution in [0.15, 0.2) is 63.0 Å². The van der Waals surface area contributed by atoms with Crippen molar-refractivity contribution in [2.24, 2.45) is 4.74 Å². The lowest BCUT2D eigenvalue weighted by Gasteiger charge is -2.25. The summed E-state index contributed by atoms with van der Waals surface area (Å²) in [4.78, 5) is 48.9. The van der Waals surface area contributed by atoms with Gasteiger partial charge in [-0.1, -0.05) is 35.1 Å². The van der Waals surface area contributed by atoms with E-state index in [4.69, 9.17) is 19.1 Å². The molecule has 202 valence electrons. The maximum Gasteiger partial charge on any atom is 0.395 e. The number of aromatic amines is 1. The first-order chi connectivity index (χ1) is 17.8. The Kier molecular flexibility index (Phi) is 7.35. The molecule has 0 spiro atoms.